The quantitative estimate of drug-likeness (QED) is 0.276. The molecule has 0 fully saturated rings. The average molecular weight is 591 g/mol. The Bertz CT molecular complexity index is 1740. The van der Waals surface area contributed by atoms with Crippen LogP contribution in [0.15, 0.2) is 91.3 Å². The number of anilines is 2. The van der Waals surface area contributed by atoms with Crippen molar-refractivity contribution in [1.82, 2.24) is 9.88 Å². The average Bonchev–Trinajstić information content (AvgIpc) is 3.60. The standard InChI is InChI=1S/C34H30N4O6/c1-21(2)23-9-11-24(12-10-23)31(33(41)36-25-13-14-28-29(16-25)44-20-43-28)38(18-22-6-5-15-35-17-22)30(39)19-37-27-8-4-3-7-26(27)32(40)34(37)42/h3-17,21,31H,18-20H2,1-2H3,(H,36,41). The molecule has 0 bridgehead atoms. The number of hydrogen-bond acceptors (Lipinski definition) is 7. The van der Waals surface area contributed by atoms with Crippen molar-refractivity contribution in [2.75, 3.05) is 23.6 Å². The number of carbonyl (C=O) groups excluding carboxylic acids is 4. The van der Waals surface area contributed by atoms with E-state index in [1.54, 1.807) is 60.9 Å². The molecule has 0 spiro atoms. The third-order valence-electron chi connectivity index (χ3n) is 7.69. The summed E-state index contributed by atoms with van der Waals surface area (Å²) in [6.45, 7) is 3.83. The number of carbonyl (C=O) groups is 4. The third kappa shape index (κ3) is 5.61. The lowest BCUT2D eigenvalue weighted by Gasteiger charge is -2.33. The largest absolute Gasteiger partial charge is 0.454 e. The molecule has 1 atom stereocenters. The van der Waals surface area contributed by atoms with Gasteiger partial charge in [0.15, 0.2) is 11.5 Å². The Labute approximate surface area is 254 Å². The van der Waals surface area contributed by atoms with Crippen molar-refractivity contribution in [1.29, 1.82) is 0 Å². The van der Waals surface area contributed by atoms with Crippen LogP contribution in [-0.2, 0) is 20.9 Å². The van der Waals surface area contributed by atoms with Gasteiger partial charge in [0.1, 0.15) is 12.6 Å². The molecule has 3 amide bonds. The van der Waals surface area contributed by atoms with E-state index in [1.165, 1.54) is 9.80 Å². The van der Waals surface area contributed by atoms with Crippen LogP contribution in [0.3, 0.4) is 0 Å². The van der Waals surface area contributed by atoms with Crippen LogP contribution in [0, 0.1) is 0 Å². The molecule has 3 heterocycles. The lowest BCUT2D eigenvalue weighted by molar-refractivity contribution is -0.139. The van der Waals surface area contributed by atoms with Gasteiger partial charge >= 0.3 is 0 Å². The second kappa shape index (κ2) is 12.0. The molecule has 0 saturated heterocycles. The van der Waals surface area contributed by atoms with E-state index < -0.39 is 36.1 Å². The highest BCUT2D eigenvalue weighted by Crippen LogP contribution is 2.35. The van der Waals surface area contributed by atoms with Crippen molar-refractivity contribution in [2.45, 2.75) is 32.4 Å². The lowest BCUT2D eigenvalue weighted by Crippen LogP contribution is -2.46. The summed E-state index contributed by atoms with van der Waals surface area (Å²) < 4.78 is 10.9. The van der Waals surface area contributed by atoms with Crippen LogP contribution in [0.2, 0.25) is 0 Å². The number of pyridine rings is 1. The zero-order valence-corrected chi connectivity index (χ0v) is 24.2. The molecule has 1 unspecified atom stereocenters. The summed E-state index contributed by atoms with van der Waals surface area (Å²) >= 11 is 0. The Kier molecular flexibility index (Phi) is 7.80. The van der Waals surface area contributed by atoms with Crippen molar-refractivity contribution >= 4 is 34.9 Å². The van der Waals surface area contributed by atoms with Gasteiger partial charge in [-0.25, -0.2) is 0 Å². The third-order valence-corrected chi connectivity index (χ3v) is 7.69. The number of amides is 3. The van der Waals surface area contributed by atoms with Gasteiger partial charge in [-0.15, -0.1) is 0 Å². The second-order valence-corrected chi connectivity index (χ2v) is 10.9. The van der Waals surface area contributed by atoms with Crippen LogP contribution < -0.4 is 19.7 Å². The molecular formula is C34H30N4O6. The first-order chi connectivity index (χ1) is 21.3. The summed E-state index contributed by atoms with van der Waals surface area (Å²) in [4.78, 5) is 60.9. The zero-order chi connectivity index (χ0) is 30.8. The van der Waals surface area contributed by atoms with Crippen molar-refractivity contribution in [3.63, 3.8) is 0 Å². The van der Waals surface area contributed by atoms with E-state index in [4.69, 9.17) is 9.47 Å². The molecule has 1 N–H and O–H groups in total. The molecule has 0 saturated carbocycles. The van der Waals surface area contributed by atoms with Crippen molar-refractivity contribution in [3.05, 3.63) is 114 Å². The van der Waals surface area contributed by atoms with E-state index in [0.717, 1.165) is 5.56 Å². The molecule has 0 radical (unpaired) electrons. The zero-order valence-electron chi connectivity index (χ0n) is 24.2. The molecular weight excluding hydrogens is 560 g/mol. The summed E-state index contributed by atoms with van der Waals surface area (Å²) in [6.07, 6.45) is 3.24. The predicted molar refractivity (Wildman–Crippen MR) is 162 cm³/mol. The molecule has 2 aliphatic heterocycles. The Morgan fingerprint density at radius 2 is 1.68 bits per heavy atom. The number of fused-ring (bicyclic) bond motifs is 2. The SMILES string of the molecule is CC(C)c1ccc(C(C(=O)Nc2ccc3c(c2)OCO3)N(Cc2cccnc2)C(=O)CN2C(=O)C(=O)c3ccccc32)cc1. The second-order valence-electron chi connectivity index (χ2n) is 10.9. The maximum Gasteiger partial charge on any atom is 0.299 e. The fourth-order valence-electron chi connectivity index (χ4n) is 5.36. The first-order valence-corrected chi connectivity index (χ1v) is 14.2. The molecule has 4 aromatic rings. The van der Waals surface area contributed by atoms with Crippen LogP contribution in [0.25, 0.3) is 0 Å². The Balaban J connectivity index is 1.39. The van der Waals surface area contributed by atoms with Gasteiger partial charge in [0.25, 0.3) is 17.6 Å². The van der Waals surface area contributed by atoms with Crippen LogP contribution in [-0.4, -0.2) is 46.7 Å². The molecule has 10 nitrogen and oxygen atoms in total. The number of ketones is 1. The fraction of sp³-hybridized carbons (Fsp3) is 0.206. The maximum atomic E-state index is 14.2. The molecule has 6 rings (SSSR count). The van der Waals surface area contributed by atoms with Gasteiger partial charge < -0.3 is 19.7 Å². The van der Waals surface area contributed by atoms with E-state index in [2.05, 4.69) is 24.1 Å². The number of aromatic nitrogens is 1. The summed E-state index contributed by atoms with van der Waals surface area (Å²) in [5, 5.41) is 2.94. The summed E-state index contributed by atoms with van der Waals surface area (Å²) in [5.41, 5.74) is 3.40. The van der Waals surface area contributed by atoms with Gasteiger partial charge in [-0.1, -0.05) is 56.3 Å². The predicted octanol–water partition coefficient (Wildman–Crippen LogP) is 4.87. The maximum absolute atomic E-state index is 14.2. The number of nitrogens with one attached hydrogen (secondary N) is 1. The van der Waals surface area contributed by atoms with Gasteiger partial charge in [-0.3, -0.25) is 29.1 Å². The van der Waals surface area contributed by atoms with E-state index in [9.17, 15) is 19.2 Å². The molecule has 222 valence electrons. The van der Waals surface area contributed by atoms with Crippen LogP contribution in [0.1, 0.15) is 52.9 Å². The molecule has 1 aromatic heterocycles. The highest BCUT2D eigenvalue weighted by atomic mass is 16.7. The minimum absolute atomic E-state index is 0.0233. The molecule has 10 heteroatoms. The number of nitrogens with zero attached hydrogens (tertiary/aromatic N) is 3. The van der Waals surface area contributed by atoms with E-state index >= 15 is 0 Å². The van der Waals surface area contributed by atoms with Gasteiger partial charge in [0, 0.05) is 30.7 Å². The van der Waals surface area contributed by atoms with E-state index in [0.29, 0.717) is 34.0 Å². The smallest absolute Gasteiger partial charge is 0.299 e. The summed E-state index contributed by atoms with van der Waals surface area (Å²) in [5.74, 6) is -1.12. The minimum Gasteiger partial charge on any atom is -0.454 e. The monoisotopic (exact) mass is 590 g/mol. The number of para-hydroxylation sites is 1. The van der Waals surface area contributed by atoms with Crippen molar-refractivity contribution in [2.24, 2.45) is 0 Å². The van der Waals surface area contributed by atoms with Gasteiger partial charge in [-0.2, -0.15) is 0 Å². The van der Waals surface area contributed by atoms with Crippen LogP contribution in [0.4, 0.5) is 11.4 Å². The van der Waals surface area contributed by atoms with Gasteiger partial charge in [-0.05, 0) is 52.9 Å². The lowest BCUT2D eigenvalue weighted by atomic mass is 9.97. The number of benzene rings is 3. The number of hydrogen-bond donors (Lipinski definition) is 1. The van der Waals surface area contributed by atoms with Gasteiger partial charge in [0.05, 0.1) is 11.3 Å². The van der Waals surface area contributed by atoms with Crippen LogP contribution in [0.5, 0.6) is 11.5 Å². The molecule has 0 aliphatic carbocycles. The number of ether oxygens (including phenoxy) is 2. The molecule has 44 heavy (non-hydrogen) atoms. The topological polar surface area (TPSA) is 118 Å². The highest BCUT2D eigenvalue weighted by Gasteiger charge is 2.39. The number of Topliss-reactive ketones (excluding diaryl/α,β-unsaturated/α-hetero) is 1. The Hall–Kier alpha value is -5.51. The van der Waals surface area contributed by atoms with Crippen molar-refractivity contribution < 1.29 is 28.7 Å². The highest BCUT2D eigenvalue weighted by molar-refractivity contribution is 6.52. The van der Waals surface area contributed by atoms with E-state index in [-0.39, 0.29) is 24.8 Å². The normalized spacial score (nSPS) is 14.0. The first kappa shape index (κ1) is 28.6. The fourth-order valence-corrected chi connectivity index (χ4v) is 5.36. The Morgan fingerprint density at radius 1 is 0.932 bits per heavy atom. The Morgan fingerprint density at radius 3 is 2.43 bits per heavy atom. The summed E-state index contributed by atoms with van der Waals surface area (Å²) in [7, 11) is 0. The minimum atomic E-state index is -1.10. The van der Waals surface area contributed by atoms with Gasteiger partial charge in [0.2, 0.25) is 12.7 Å². The van der Waals surface area contributed by atoms with Crippen molar-refractivity contribution in [3.8, 4) is 11.5 Å². The first-order valence-electron chi connectivity index (χ1n) is 14.2. The van der Waals surface area contributed by atoms with Crippen LogP contribution >= 0.6 is 0 Å². The van der Waals surface area contributed by atoms with E-state index in [1.807, 2.05) is 30.3 Å². The molecule has 2 aliphatic rings. The number of rotatable bonds is 9. The molecule has 3 aromatic carbocycles. The summed E-state index contributed by atoms with van der Waals surface area (Å²) in [6, 6.07) is 21.6.